The highest BCUT2D eigenvalue weighted by Gasteiger charge is 2.15. The van der Waals surface area contributed by atoms with Crippen LogP contribution in [0.5, 0.6) is 0 Å². The molecule has 21 heavy (non-hydrogen) atoms. The minimum Gasteiger partial charge on any atom is -0.550 e. The average Bonchev–Trinajstić information content (AvgIpc) is 2.47. The van der Waals surface area contributed by atoms with Crippen LogP contribution >= 0.6 is 0 Å². The minimum absolute atomic E-state index is 0.0614. The molecule has 114 valence electrons. The fraction of sp³-hybridized carbons (Fsp3) is 0.500. The largest absolute Gasteiger partial charge is 0.550 e. The molecule has 0 aliphatic carbocycles. The summed E-state index contributed by atoms with van der Waals surface area (Å²) in [5.74, 6) is -0.720. The predicted molar refractivity (Wildman–Crippen MR) is 79.9 cm³/mol. The summed E-state index contributed by atoms with van der Waals surface area (Å²) in [5.41, 5.74) is 1.85. The Bertz CT molecular complexity index is 491. The Morgan fingerprint density at radius 3 is 2.38 bits per heavy atom. The molecule has 1 heterocycles. The Morgan fingerprint density at radius 2 is 1.81 bits per heavy atom. The zero-order valence-corrected chi connectivity index (χ0v) is 12.3. The Labute approximate surface area is 125 Å². The number of rotatable bonds is 5. The number of hydrogen-bond donors (Lipinski definition) is 1. The molecule has 5 nitrogen and oxygen atoms in total. The second kappa shape index (κ2) is 7.11. The van der Waals surface area contributed by atoms with E-state index in [-0.39, 0.29) is 18.7 Å². The van der Waals surface area contributed by atoms with Gasteiger partial charge in [0.25, 0.3) is 0 Å². The average molecular weight is 289 g/mol. The molecule has 1 aromatic carbocycles. The molecular weight excluding hydrogens is 268 g/mol. The van der Waals surface area contributed by atoms with Crippen molar-refractivity contribution in [3.63, 3.8) is 0 Å². The van der Waals surface area contributed by atoms with E-state index in [1.165, 1.54) is 12.8 Å². The van der Waals surface area contributed by atoms with E-state index < -0.39 is 5.97 Å². The Kier molecular flexibility index (Phi) is 5.20. The summed E-state index contributed by atoms with van der Waals surface area (Å²) < 4.78 is 0. The van der Waals surface area contributed by atoms with Crippen molar-refractivity contribution in [1.29, 1.82) is 0 Å². The van der Waals surface area contributed by atoms with Gasteiger partial charge in [-0.15, -0.1) is 0 Å². The topological polar surface area (TPSA) is 72.5 Å². The lowest BCUT2D eigenvalue weighted by Gasteiger charge is -2.32. The lowest BCUT2D eigenvalue weighted by Crippen LogP contribution is -2.32. The molecule has 2 rings (SSSR count). The minimum atomic E-state index is -1.21. The van der Waals surface area contributed by atoms with Crippen LogP contribution in [0.25, 0.3) is 0 Å². The van der Waals surface area contributed by atoms with Gasteiger partial charge >= 0.3 is 0 Å². The predicted octanol–water partition coefficient (Wildman–Crippen LogP) is 1.39. The molecule has 5 heteroatoms. The van der Waals surface area contributed by atoms with Crippen LogP contribution in [0.15, 0.2) is 24.3 Å². The number of piperidine rings is 1. The summed E-state index contributed by atoms with van der Waals surface area (Å²) in [6, 6.07) is 7.68. The molecule has 1 saturated heterocycles. The third-order valence-electron chi connectivity index (χ3n) is 3.86. The van der Waals surface area contributed by atoms with Crippen molar-refractivity contribution < 1.29 is 14.7 Å². The van der Waals surface area contributed by atoms with Crippen molar-refractivity contribution in [2.24, 2.45) is 5.92 Å². The molecule has 1 aromatic rings. The number of carboxylic acid groups (broad SMARTS) is 1. The first kappa shape index (κ1) is 15.4. The summed E-state index contributed by atoms with van der Waals surface area (Å²) in [6.07, 6.45) is 2.10. The molecule has 0 spiro atoms. The molecule has 1 aliphatic rings. The summed E-state index contributed by atoms with van der Waals surface area (Å²) in [6.45, 7) is 4.42. The molecule has 0 unspecified atom stereocenters. The maximum atomic E-state index is 11.5. The van der Waals surface area contributed by atoms with Gasteiger partial charge in [-0.05, 0) is 49.4 Å². The van der Waals surface area contributed by atoms with Gasteiger partial charge in [0.1, 0.15) is 0 Å². The molecule has 0 radical (unpaired) electrons. The molecule has 0 saturated carbocycles. The lowest BCUT2D eigenvalue weighted by atomic mass is 9.99. The van der Waals surface area contributed by atoms with E-state index in [2.05, 4.69) is 17.1 Å². The maximum Gasteiger partial charge on any atom is 0.224 e. The van der Waals surface area contributed by atoms with Crippen LogP contribution in [0.1, 0.15) is 32.6 Å². The molecule has 0 atom stereocenters. The number of aliphatic carboxylic acids is 1. The van der Waals surface area contributed by atoms with Crippen LogP contribution in [0, 0.1) is 5.92 Å². The third kappa shape index (κ3) is 4.77. The SMILES string of the molecule is CC1CCN(c2ccc(NC(=O)CCC(=O)[O-])cc2)CC1. The first-order valence-electron chi connectivity index (χ1n) is 7.39. The standard InChI is InChI=1S/C16H22N2O3/c1-12-8-10-18(11-9-12)14-4-2-13(3-5-14)17-15(19)6-7-16(20)21/h2-5,12H,6-11H2,1H3,(H,17,19)(H,20,21)/p-1. The Morgan fingerprint density at radius 1 is 1.19 bits per heavy atom. The number of amides is 1. The molecule has 1 N–H and O–H groups in total. The second-order valence-electron chi connectivity index (χ2n) is 5.64. The molecular formula is C16H21N2O3-. The number of nitrogens with zero attached hydrogens (tertiary/aromatic N) is 1. The molecule has 1 aliphatic heterocycles. The monoisotopic (exact) mass is 289 g/mol. The zero-order chi connectivity index (χ0) is 15.2. The van der Waals surface area contributed by atoms with E-state index >= 15 is 0 Å². The van der Waals surface area contributed by atoms with Crippen molar-refractivity contribution in [3.05, 3.63) is 24.3 Å². The van der Waals surface area contributed by atoms with Crippen LogP contribution in [0.4, 0.5) is 11.4 Å². The van der Waals surface area contributed by atoms with Crippen LogP contribution in [-0.4, -0.2) is 25.0 Å². The second-order valence-corrected chi connectivity index (χ2v) is 5.64. The highest BCUT2D eigenvalue weighted by molar-refractivity contribution is 5.92. The van der Waals surface area contributed by atoms with E-state index in [1.54, 1.807) is 0 Å². The van der Waals surface area contributed by atoms with Gasteiger partial charge in [-0.3, -0.25) is 4.79 Å². The Balaban J connectivity index is 1.87. The quantitative estimate of drug-likeness (QED) is 0.889. The van der Waals surface area contributed by atoms with Crippen LogP contribution in [0.3, 0.4) is 0 Å². The third-order valence-corrected chi connectivity index (χ3v) is 3.86. The summed E-state index contributed by atoms with van der Waals surface area (Å²) in [4.78, 5) is 24.2. The number of anilines is 2. The molecule has 0 bridgehead atoms. The fourth-order valence-electron chi connectivity index (χ4n) is 2.46. The van der Waals surface area contributed by atoms with Gasteiger partial charge in [-0.2, -0.15) is 0 Å². The fourth-order valence-corrected chi connectivity index (χ4v) is 2.46. The smallest absolute Gasteiger partial charge is 0.224 e. The molecule has 1 fully saturated rings. The van der Waals surface area contributed by atoms with Crippen LogP contribution < -0.4 is 15.3 Å². The van der Waals surface area contributed by atoms with Crippen molar-refractivity contribution in [3.8, 4) is 0 Å². The summed E-state index contributed by atoms with van der Waals surface area (Å²) in [7, 11) is 0. The van der Waals surface area contributed by atoms with E-state index in [1.807, 2.05) is 24.3 Å². The van der Waals surface area contributed by atoms with Gasteiger partial charge in [-0.1, -0.05) is 6.92 Å². The first-order valence-corrected chi connectivity index (χ1v) is 7.39. The van der Waals surface area contributed by atoms with E-state index in [0.29, 0.717) is 5.69 Å². The maximum absolute atomic E-state index is 11.5. The first-order chi connectivity index (χ1) is 10.0. The Hall–Kier alpha value is -2.04. The number of nitrogens with one attached hydrogen (secondary N) is 1. The van der Waals surface area contributed by atoms with Gasteiger partial charge in [0.15, 0.2) is 0 Å². The van der Waals surface area contributed by atoms with Gasteiger partial charge in [0.05, 0.1) is 0 Å². The van der Waals surface area contributed by atoms with E-state index in [4.69, 9.17) is 0 Å². The van der Waals surface area contributed by atoms with Crippen molar-refractivity contribution in [2.75, 3.05) is 23.3 Å². The van der Waals surface area contributed by atoms with Crippen LogP contribution in [0.2, 0.25) is 0 Å². The molecule has 0 aromatic heterocycles. The highest BCUT2D eigenvalue weighted by Crippen LogP contribution is 2.24. The number of carbonyl (C=O) groups is 2. The number of carboxylic acids is 1. The number of hydrogen-bond acceptors (Lipinski definition) is 4. The molecule has 1 amide bonds. The van der Waals surface area contributed by atoms with E-state index in [9.17, 15) is 14.7 Å². The van der Waals surface area contributed by atoms with Crippen molar-refractivity contribution in [2.45, 2.75) is 32.6 Å². The normalized spacial score (nSPS) is 15.8. The van der Waals surface area contributed by atoms with Crippen LogP contribution in [-0.2, 0) is 9.59 Å². The highest BCUT2D eigenvalue weighted by atomic mass is 16.4. The van der Waals surface area contributed by atoms with Gasteiger partial charge in [0.2, 0.25) is 5.91 Å². The van der Waals surface area contributed by atoms with Gasteiger partial charge < -0.3 is 20.1 Å². The van der Waals surface area contributed by atoms with Crippen molar-refractivity contribution in [1.82, 2.24) is 0 Å². The summed E-state index contributed by atoms with van der Waals surface area (Å²) in [5, 5.41) is 13.0. The van der Waals surface area contributed by atoms with Gasteiger partial charge in [-0.25, -0.2) is 0 Å². The van der Waals surface area contributed by atoms with Gasteiger partial charge in [0, 0.05) is 36.9 Å². The summed E-state index contributed by atoms with van der Waals surface area (Å²) >= 11 is 0. The number of benzene rings is 1. The van der Waals surface area contributed by atoms with Crippen molar-refractivity contribution >= 4 is 23.3 Å². The van der Waals surface area contributed by atoms with E-state index in [0.717, 1.165) is 24.7 Å². The lowest BCUT2D eigenvalue weighted by molar-refractivity contribution is -0.305. The number of carbonyl (C=O) groups excluding carboxylic acids is 2. The zero-order valence-electron chi connectivity index (χ0n) is 12.3.